The second-order valence-corrected chi connectivity index (χ2v) is 5.59. The molecule has 112 valence electrons. The maximum absolute atomic E-state index is 9.93. The first-order valence-electron chi connectivity index (χ1n) is 7.49. The van der Waals surface area contributed by atoms with E-state index >= 15 is 0 Å². The highest BCUT2D eigenvalue weighted by atomic mass is 16.5. The van der Waals surface area contributed by atoms with Crippen LogP contribution in [-0.4, -0.2) is 29.5 Å². The summed E-state index contributed by atoms with van der Waals surface area (Å²) in [5.41, 5.74) is 6.29. The van der Waals surface area contributed by atoms with Gasteiger partial charge in [0.05, 0.1) is 18.8 Å². The van der Waals surface area contributed by atoms with Gasteiger partial charge in [-0.05, 0) is 43.5 Å². The second kappa shape index (κ2) is 7.62. The molecular weight excluding hydrogens is 254 g/mol. The van der Waals surface area contributed by atoms with Crippen molar-refractivity contribution in [2.75, 3.05) is 13.2 Å². The van der Waals surface area contributed by atoms with Gasteiger partial charge in [0.25, 0.3) is 0 Å². The second-order valence-electron chi connectivity index (χ2n) is 5.59. The molecule has 3 atom stereocenters. The third-order valence-electron chi connectivity index (χ3n) is 4.02. The highest BCUT2D eigenvalue weighted by molar-refractivity contribution is 5.29. The highest BCUT2D eigenvalue weighted by Crippen LogP contribution is 2.26. The molecule has 20 heavy (non-hydrogen) atoms. The minimum atomic E-state index is -0.538. The van der Waals surface area contributed by atoms with Gasteiger partial charge in [-0.3, -0.25) is 0 Å². The zero-order valence-corrected chi connectivity index (χ0v) is 11.9. The number of aliphatic hydroxyl groups excluding tert-OH is 2. The van der Waals surface area contributed by atoms with Gasteiger partial charge in [-0.25, -0.2) is 0 Å². The van der Waals surface area contributed by atoms with Gasteiger partial charge in [0.1, 0.15) is 5.75 Å². The molecule has 1 fully saturated rings. The van der Waals surface area contributed by atoms with Crippen molar-refractivity contribution >= 4 is 0 Å². The lowest BCUT2D eigenvalue weighted by Crippen LogP contribution is -2.29. The number of aliphatic hydroxyl groups is 2. The number of ether oxygens (including phenoxy) is 1. The van der Waals surface area contributed by atoms with Crippen molar-refractivity contribution in [3.05, 3.63) is 29.8 Å². The van der Waals surface area contributed by atoms with Gasteiger partial charge in [-0.15, -0.1) is 0 Å². The fraction of sp³-hybridized carbons (Fsp3) is 0.625. The Balaban J connectivity index is 1.90. The van der Waals surface area contributed by atoms with E-state index in [1.165, 1.54) is 6.42 Å². The lowest BCUT2D eigenvalue weighted by Gasteiger charge is -2.27. The molecule has 2 rings (SSSR count). The molecule has 0 saturated heterocycles. The van der Waals surface area contributed by atoms with E-state index in [0.717, 1.165) is 30.6 Å². The SMILES string of the molecule is NCC[C@@H](O)c1cccc(OC[C@@H]2CCCCC2O)c1. The Bertz CT molecular complexity index is 410. The summed E-state index contributed by atoms with van der Waals surface area (Å²) in [7, 11) is 0. The molecule has 4 heteroatoms. The summed E-state index contributed by atoms with van der Waals surface area (Å²) in [6.45, 7) is 0.998. The molecule has 1 aliphatic rings. The lowest BCUT2D eigenvalue weighted by molar-refractivity contribution is 0.0421. The summed E-state index contributed by atoms with van der Waals surface area (Å²) in [5.74, 6) is 0.970. The highest BCUT2D eigenvalue weighted by Gasteiger charge is 2.23. The predicted octanol–water partition coefficient (Wildman–Crippen LogP) is 2.00. The number of benzene rings is 1. The molecular formula is C16H25NO3. The molecule has 1 aromatic carbocycles. The first-order chi connectivity index (χ1) is 9.70. The van der Waals surface area contributed by atoms with Crippen LogP contribution in [0.2, 0.25) is 0 Å². The number of hydrogen-bond acceptors (Lipinski definition) is 4. The molecule has 0 aliphatic heterocycles. The number of hydrogen-bond donors (Lipinski definition) is 3. The topological polar surface area (TPSA) is 75.7 Å². The van der Waals surface area contributed by atoms with E-state index in [0.29, 0.717) is 19.6 Å². The molecule has 1 aliphatic carbocycles. The molecule has 0 radical (unpaired) electrons. The van der Waals surface area contributed by atoms with Crippen molar-refractivity contribution < 1.29 is 14.9 Å². The van der Waals surface area contributed by atoms with Gasteiger partial charge in [0, 0.05) is 5.92 Å². The first kappa shape index (κ1) is 15.3. The zero-order valence-electron chi connectivity index (χ0n) is 11.9. The van der Waals surface area contributed by atoms with Crippen LogP contribution in [0.1, 0.15) is 43.8 Å². The van der Waals surface area contributed by atoms with Crippen molar-refractivity contribution in [3.8, 4) is 5.75 Å². The number of nitrogens with two attached hydrogens (primary N) is 1. The third-order valence-corrected chi connectivity index (χ3v) is 4.02. The van der Waals surface area contributed by atoms with Gasteiger partial charge in [-0.2, -0.15) is 0 Å². The molecule has 4 nitrogen and oxygen atoms in total. The van der Waals surface area contributed by atoms with Gasteiger partial charge in [-0.1, -0.05) is 25.0 Å². The first-order valence-corrected chi connectivity index (χ1v) is 7.49. The summed E-state index contributed by atoms with van der Waals surface area (Å²) >= 11 is 0. The van der Waals surface area contributed by atoms with Crippen molar-refractivity contribution in [3.63, 3.8) is 0 Å². The van der Waals surface area contributed by atoms with E-state index in [1.807, 2.05) is 24.3 Å². The Morgan fingerprint density at radius 2 is 2.10 bits per heavy atom. The smallest absolute Gasteiger partial charge is 0.119 e. The van der Waals surface area contributed by atoms with Gasteiger partial charge >= 0.3 is 0 Å². The van der Waals surface area contributed by atoms with Crippen LogP contribution < -0.4 is 10.5 Å². The largest absolute Gasteiger partial charge is 0.493 e. The summed E-state index contributed by atoms with van der Waals surface area (Å²) in [4.78, 5) is 0. The van der Waals surface area contributed by atoms with Gasteiger partial charge in [0.2, 0.25) is 0 Å². The Morgan fingerprint density at radius 1 is 1.30 bits per heavy atom. The average Bonchev–Trinajstić information content (AvgIpc) is 2.47. The molecule has 0 amide bonds. The van der Waals surface area contributed by atoms with Crippen molar-refractivity contribution in [2.24, 2.45) is 11.7 Å². The Morgan fingerprint density at radius 3 is 2.85 bits per heavy atom. The normalized spacial score (nSPS) is 24.4. The third kappa shape index (κ3) is 4.20. The maximum atomic E-state index is 9.93. The van der Waals surface area contributed by atoms with Crippen LogP contribution in [0.25, 0.3) is 0 Å². The molecule has 1 aromatic rings. The Labute approximate surface area is 120 Å². The quantitative estimate of drug-likeness (QED) is 0.744. The summed E-state index contributed by atoms with van der Waals surface area (Å²) < 4.78 is 5.78. The molecule has 0 bridgehead atoms. The van der Waals surface area contributed by atoms with Gasteiger partial charge < -0.3 is 20.7 Å². The zero-order chi connectivity index (χ0) is 14.4. The van der Waals surface area contributed by atoms with E-state index in [2.05, 4.69) is 0 Å². The van der Waals surface area contributed by atoms with Crippen LogP contribution in [0, 0.1) is 5.92 Å². The Kier molecular flexibility index (Phi) is 5.83. The molecule has 4 N–H and O–H groups in total. The predicted molar refractivity (Wildman–Crippen MR) is 78.5 cm³/mol. The van der Waals surface area contributed by atoms with Crippen LogP contribution in [0.5, 0.6) is 5.75 Å². The maximum Gasteiger partial charge on any atom is 0.119 e. The van der Waals surface area contributed by atoms with E-state index in [1.54, 1.807) is 0 Å². The van der Waals surface area contributed by atoms with E-state index in [4.69, 9.17) is 10.5 Å². The minimum absolute atomic E-state index is 0.223. The van der Waals surface area contributed by atoms with Crippen molar-refractivity contribution in [1.82, 2.24) is 0 Å². The fourth-order valence-corrected chi connectivity index (χ4v) is 2.72. The average molecular weight is 279 g/mol. The molecule has 1 saturated carbocycles. The van der Waals surface area contributed by atoms with Crippen LogP contribution in [0.4, 0.5) is 0 Å². The monoisotopic (exact) mass is 279 g/mol. The van der Waals surface area contributed by atoms with Crippen LogP contribution in [-0.2, 0) is 0 Å². The van der Waals surface area contributed by atoms with Crippen molar-refractivity contribution in [2.45, 2.75) is 44.3 Å². The van der Waals surface area contributed by atoms with E-state index in [-0.39, 0.29) is 12.0 Å². The summed E-state index contributed by atoms with van der Waals surface area (Å²) in [6, 6.07) is 7.49. The molecule has 1 unspecified atom stereocenters. The standard InChI is InChI=1S/C16H25NO3/c17-9-8-16(19)12-5-3-6-14(10-12)20-11-13-4-1-2-7-15(13)18/h3,5-6,10,13,15-16,18-19H,1-2,4,7-9,11,17H2/t13-,15?,16+/m0/s1. The van der Waals surface area contributed by atoms with Crippen LogP contribution >= 0.6 is 0 Å². The van der Waals surface area contributed by atoms with Crippen molar-refractivity contribution in [1.29, 1.82) is 0 Å². The van der Waals surface area contributed by atoms with E-state index < -0.39 is 6.10 Å². The summed E-state index contributed by atoms with van der Waals surface area (Å²) in [6.07, 6.45) is 3.95. The Hall–Kier alpha value is -1.10. The molecule has 0 heterocycles. The van der Waals surface area contributed by atoms with E-state index in [9.17, 15) is 10.2 Å². The summed E-state index contributed by atoms with van der Waals surface area (Å²) in [5, 5.41) is 19.9. The number of rotatable bonds is 6. The fourth-order valence-electron chi connectivity index (χ4n) is 2.72. The molecule has 0 spiro atoms. The van der Waals surface area contributed by atoms with Crippen LogP contribution in [0.15, 0.2) is 24.3 Å². The van der Waals surface area contributed by atoms with Crippen LogP contribution in [0.3, 0.4) is 0 Å². The lowest BCUT2D eigenvalue weighted by atomic mass is 9.87. The van der Waals surface area contributed by atoms with Gasteiger partial charge in [0.15, 0.2) is 0 Å². The minimum Gasteiger partial charge on any atom is -0.493 e. The molecule has 0 aromatic heterocycles.